The number of urea groups is 1. The summed E-state index contributed by atoms with van der Waals surface area (Å²) in [6.07, 6.45) is 0. The van der Waals surface area contributed by atoms with Gasteiger partial charge in [-0.2, -0.15) is 0 Å². The van der Waals surface area contributed by atoms with Crippen molar-refractivity contribution in [1.29, 1.82) is 0 Å². The molecule has 0 aromatic heterocycles. The minimum Gasteiger partial charge on any atom is -0.491 e. The minimum absolute atomic E-state index is 0.00760. The van der Waals surface area contributed by atoms with Crippen LogP contribution in [0.25, 0.3) is 0 Å². The highest BCUT2D eigenvalue weighted by Crippen LogP contribution is 2.21. The maximum atomic E-state index is 12.0. The summed E-state index contributed by atoms with van der Waals surface area (Å²) in [5.74, 6) is 0.923. The van der Waals surface area contributed by atoms with Gasteiger partial charge in [-0.05, 0) is 32.0 Å². The van der Waals surface area contributed by atoms with E-state index in [2.05, 4.69) is 17.3 Å². The van der Waals surface area contributed by atoms with E-state index in [1.165, 1.54) is 0 Å². The Morgan fingerprint density at radius 3 is 2.43 bits per heavy atom. The number of piperazine rings is 1. The van der Waals surface area contributed by atoms with Crippen LogP contribution in [0.5, 0.6) is 5.75 Å². The average molecular weight is 291 g/mol. The van der Waals surface area contributed by atoms with Gasteiger partial charge in [0.2, 0.25) is 0 Å². The number of carbonyl (C=O) groups is 1. The summed E-state index contributed by atoms with van der Waals surface area (Å²) in [7, 11) is 2.08. The Hall–Kier alpha value is -1.75. The van der Waals surface area contributed by atoms with Crippen molar-refractivity contribution in [2.75, 3.05) is 46.4 Å². The van der Waals surface area contributed by atoms with Crippen molar-refractivity contribution < 1.29 is 9.53 Å². The molecule has 5 heteroatoms. The van der Waals surface area contributed by atoms with E-state index in [-0.39, 0.29) is 6.03 Å². The van der Waals surface area contributed by atoms with E-state index >= 15 is 0 Å². The molecule has 0 atom stereocenters. The molecule has 0 spiro atoms. The molecule has 116 valence electrons. The lowest BCUT2D eigenvalue weighted by Gasteiger charge is -2.32. The predicted molar refractivity (Wildman–Crippen MR) is 83.9 cm³/mol. The van der Waals surface area contributed by atoms with Gasteiger partial charge in [0.1, 0.15) is 12.4 Å². The van der Waals surface area contributed by atoms with Crippen LogP contribution in [0.4, 0.5) is 4.79 Å². The van der Waals surface area contributed by atoms with Crippen LogP contribution in [0.2, 0.25) is 0 Å². The molecule has 5 nitrogen and oxygen atoms in total. The van der Waals surface area contributed by atoms with Crippen molar-refractivity contribution in [1.82, 2.24) is 15.1 Å². The van der Waals surface area contributed by atoms with Crippen LogP contribution in [0.15, 0.2) is 18.2 Å². The predicted octanol–water partition coefficient (Wildman–Crippen LogP) is 1.64. The van der Waals surface area contributed by atoms with Gasteiger partial charge < -0.3 is 19.9 Å². The van der Waals surface area contributed by atoms with E-state index in [1.807, 2.05) is 36.9 Å². The smallest absolute Gasteiger partial charge is 0.317 e. The van der Waals surface area contributed by atoms with Gasteiger partial charge in [-0.1, -0.05) is 18.2 Å². The summed E-state index contributed by atoms with van der Waals surface area (Å²) in [5, 5.41) is 2.92. The van der Waals surface area contributed by atoms with Crippen LogP contribution in [0.1, 0.15) is 11.1 Å². The molecule has 1 aromatic rings. The summed E-state index contributed by atoms with van der Waals surface area (Å²) in [6.45, 7) is 8.54. The molecule has 1 aliphatic rings. The number of likely N-dealkylation sites (N-methyl/N-ethyl adjacent to an activating group) is 1. The highest BCUT2D eigenvalue weighted by atomic mass is 16.5. The standard InChI is InChI=1S/C16H25N3O2/c1-13-5-4-6-14(2)15(13)21-12-7-17-16(20)19-10-8-18(3)9-11-19/h4-6H,7-12H2,1-3H3,(H,17,20). The number of aryl methyl sites for hydroxylation is 2. The van der Waals surface area contributed by atoms with Crippen molar-refractivity contribution in [3.8, 4) is 5.75 Å². The molecule has 0 radical (unpaired) electrons. The molecular weight excluding hydrogens is 266 g/mol. The number of para-hydroxylation sites is 1. The molecule has 2 rings (SSSR count). The third kappa shape index (κ3) is 4.36. The fourth-order valence-electron chi connectivity index (χ4n) is 2.46. The lowest BCUT2D eigenvalue weighted by Crippen LogP contribution is -2.51. The molecule has 0 bridgehead atoms. The fourth-order valence-corrected chi connectivity index (χ4v) is 2.46. The molecule has 0 saturated carbocycles. The number of benzene rings is 1. The van der Waals surface area contributed by atoms with Gasteiger partial charge in [-0.15, -0.1) is 0 Å². The highest BCUT2D eigenvalue weighted by molar-refractivity contribution is 5.74. The Morgan fingerprint density at radius 2 is 1.81 bits per heavy atom. The summed E-state index contributed by atoms with van der Waals surface area (Å²) in [5.41, 5.74) is 2.25. The van der Waals surface area contributed by atoms with Crippen LogP contribution in [0, 0.1) is 13.8 Å². The van der Waals surface area contributed by atoms with Crippen molar-refractivity contribution >= 4 is 6.03 Å². The zero-order valence-corrected chi connectivity index (χ0v) is 13.2. The zero-order chi connectivity index (χ0) is 15.2. The summed E-state index contributed by atoms with van der Waals surface area (Å²) in [4.78, 5) is 16.1. The van der Waals surface area contributed by atoms with E-state index in [4.69, 9.17) is 4.74 Å². The van der Waals surface area contributed by atoms with E-state index in [0.29, 0.717) is 13.2 Å². The second-order valence-electron chi connectivity index (χ2n) is 5.59. The molecule has 1 saturated heterocycles. The number of hydrogen-bond acceptors (Lipinski definition) is 3. The molecule has 0 aliphatic carbocycles. The largest absolute Gasteiger partial charge is 0.491 e. The van der Waals surface area contributed by atoms with Crippen molar-refractivity contribution in [3.05, 3.63) is 29.3 Å². The van der Waals surface area contributed by atoms with Crippen LogP contribution >= 0.6 is 0 Å². The number of rotatable bonds is 4. The highest BCUT2D eigenvalue weighted by Gasteiger charge is 2.18. The van der Waals surface area contributed by atoms with E-state index in [9.17, 15) is 4.79 Å². The Kier molecular flexibility index (Phi) is 5.44. The van der Waals surface area contributed by atoms with Gasteiger partial charge >= 0.3 is 6.03 Å². The molecule has 21 heavy (non-hydrogen) atoms. The Bertz CT molecular complexity index is 462. The Balaban J connectivity index is 1.71. The number of carbonyl (C=O) groups excluding carboxylic acids is 1. The van der Waals surface area contributed by atoms with Crippen LogP contribution in [-0.2, 0) is 0 Å². The first-order valence-corrected chi connectivity index (χ1v) is 7.48. The zero-order valence-electron chi connectivity index (χ0n) is 13.2. The number of nitrogens with zero attached hydrogens (tertiary/aromatic N) is 2. The maximum Gasteiger partial charge on any atom is 0.317 e. The van der Waals surface area contributed by atoms with Crippen LogP contribution in [-0.4, -0.2) is 62.2 Å². The van der Waals surface area contributed by atoms with Gasteiger partial charge in [-0.3, -0.25) is 0 Å². The average Bonchev–Trinajstić information content (AvgIpc) is 2.46. The summed E-state index contributed by atoms with van der Waals surface area (Å²) in [6, 6.07) is 6.09. The van der Waals surface area contributed by atoms with Gasteiger partial charge in [0, 0.05) is 26.2 Å². The van der Waals surface area contributed by atoms with Gasteiger partial charge in [-0.25, -0.2) is 4.79 Å². The Morgan fingerprint density at radius 1 is 1.19 bits per heavy atom. The molecule has 1 aliphatic heterocycles. The monoisotopic (exact) mass is 291 g/mol. The third-order valence-electron chi connectivity index (χ3n) is 3.82. The lowest BCUT2D eigenvalue weighted by atomic mass is 10.1. The van der Waals surface area contributed by atoms with Crippen molar-refractivity contribution in [2.45, 2.75) is 13.8 Å². The molecule has 1 N–H and O–H groups in total. The van der Waals surface area contributed by atoms with Crippen molar-refractivity contribution in [2.24, 2.45) is 0 Å². The first-order chi connectivity index (χ1) is 10.1. The summed E-state index contributed by atoms with van der Waals surface area (Å²) < 4.78 is 5.78. The van der Waals surface area contributed by atoms with Gasteiger partial charge in [0.15, 0.2) is 0 Å². The van der Waals surface area contributed by atoms with Gasteiger partial charge in [0.25, 0.3) is 0 Å². The number of hydrogen-bond donors (Lipinski definition) is 1. The van der Waals surface area contributed by atoms with E-state index in [0.717, 1.165) is 43.1 Å². The van der Waals surface area contributed by atoms with E-state index in [1.54, 1.807) is 0 Å². The number of amides is 2. The first kappa shape index (κ1) is 15.6. The maximum absolute atomic E-state index is 12.0. The van der Waals surface area contributed by atoms with E-state index < -0.39 is 0 Å². The minimum atomic E-state index is 0.00760. The molecule has 0 unspecified atom stereocenters. The topological polar surface area (TPSA) is 44.8 Å². The quantitative estimate of drug-likeness (QED) is 0.858. The normalized spacial score (nSPS) is 15.9. The van der Waals surface area contributed by atoms with Crippen molar-refractivity contribution in [3.63, 3.8) is 0 Å². The third-order valence-corrected chi connectivity index (χ3v) is 3.82. The molecule has 1 aromatic carbocycles. The molecule has 1 fully saturated rings. The second kappa shape index (κ2) is 7.31. The first-order valence-electron chi connectivity index (χ1n) is 7.48. The SMILES string of the molecule is Cc1cccc(C)c1OCCNC(=O)N1CCN(C)CC1. The summed E-state index contributed by atoms with van der Waals surface area (Å²) >= 11 is 0. The molecule has 2 amide bonds. The second-order valence-corrected chi connectivity index (χ2v) is 5.59. The molecular formula is C16H25N3O2. The van der Waals surface area contributed by atoms with Crippen LogP contribution < -0.4 is 10.1 Å². The van der Waals surface area contributed by atoms with Gasteiger partial charge in [0.05, 0.1) is 6.54 Å². The lowest BCUT2D eigenvalue weighted by molar-refractivity contribution is 0.153. The van der Waals surface area contributed by atoms with Crippen LogP contribution in [0.3, 0.4) is 0 Å². The Labute approximate surface area is 126 Å². The number of ether oxygens (including phenoxy) is 1. The fraction of sp³-hybridized carbons (Fsp3) is 0.562. The molecule has 1 heterocycles. The number of nitrogens with one attached hydrogen (secondary N) is 1.